The van der Waals surface area contributed by atoms with Crippen LogP contribution in [0.3, 0.4) is 0 Å². The minimum absolute atomic E-state index is 0.0556. The first-order valence-electron chi connectivity index (χ1n) is 6.91. The summed E-state index contributed by atoms with van der Waals surface area (Å²) in [6.07, 6.45) is 1.14. The van der Waals surface area contributed by atoms with Gasteiger partial charge in [-0.3, -0.25) is 0 Å². The third kappa shape index (κ3) is 6.14. The summed E-state index contributed by atoms with van der Waals surface area (Å²) >= 11 is 0. The van der Waals surface area contributed by atoms with E-state index < -0.39 is 0 Å². The fraction of sp³-hybridized carbons (Fsp3) is 0.600. The van der Waals surface area contributed by atoms with E-state index in [0.29, 0.717) is 0 Å². The minimum Gasteiger partial charge on any atom is -0.323 e. The molecule has 3 nitrogen and oxygen atoms in total. The largest absolute Gasteiger partial charge is 0.323 e. The van der Waals surface area contributed by atoms with Gasteiger partial charge in [-0.1, -0.05) is 19.1 Å². The van der Waals surface area contributed by atoms with Crippen molar-refractivity contribution in [3.63, 3.8) is 0 Å². The Balaban J connectivity index is 2.43. The number of halogens is 1. The van der Waals surface area contributed by atoms with E-state index in [1.54, 1.807) is 12.1 Å². The lowest BCUT2D eigenvalue weighted by atomic mass is 10.1. The molecule has 0 saturated heterocycles. The smallest absolute Gasteiger partial charge is 0.123 e. The molecule has 0 fully saturated rings. The zero-order chi connectivity index (χ0) is 14.3. The van der Waals surface area contributed by atoms with Gasteiger partial charge in [0.1, 0.15) is 5.82 Å². The molecule has 0 bridgehead atoms. The van der Waals surface area contributed by atoms with Crippen molar-refractivity contribution in [2.45, 2.75) is 19.4 Å². The number of nitrogens with two attached hydrogens (primary N) is 1. The summed E-state index contributed by atoms with van der Waals surface area (Å²) in [5.41, 5.74) is 7.17. The number of nitrogens with zero attached hydrogens (tertiary/aromatic N) is 2. The molecule has 0 radical (unpaired) electrons. The molecule has 4 heteroatoms. The van der Waals surface area contributed by atoms with Crippen LogP contribution in [0.25, 0.3) is 0 Å². The summed E-state index contributed by atoms with van der Waals surface area (Å²) < 4.78 is 12.9. The third-order valence-corrected chi connectivity index (χ3v) is 3.28. The van der Waals surface area contributed by atoms with Crippen LogP contribution in [0.2, 0.25) is 0 Å². The summed E-state index contributed by atoms with van der Waals surface area (Å²) in [5.74, 6) is -0.214. The highest BCUT2D eigenvalue weighted by Gasteiger charge is 2.11. The molecule has 0 aliphatic heterocycles. The van der Waals surface area contributed by atoms with E-state index >= 15 is 0 Å². The van der Waals surface area contributed by atoms with Crippen LogP contribution in [-0.2, 0) is 0 Å². The molecule has 0 spiro atoms. The highest BCUT2D eigenvalue weighted by Crippen LogP contribution is 2.12. The van der Waals surface area contributed by atoms with Gasteiger partial charge in [0.2, 0.25) is 0 Å². The Morgan fingerprint density at radius 2 is 1.79 bits per heavy atom. The van der Waals surface area contributed by atoms with Crippen LogP contribution in [0.5, 0.6) is 0 Å². The third-order valence-electron chi connectivity index (χ3n) is 3.28. The predicted molar refractivity (Wildman–Crippen MR) is 78.6 cm³/mol. The lowest BCUT2D eigenvalue weighted by Crippen LogP contribution is -2.34. The van der Waals surface area contributed by atoms with Gasteiger partial charge in [-0.05, 0) is 57.8 Å². The molecule has 19 heavy (non-hydrogen) atoms. The predicted octanol–water partition coefficient (Wildman–Crippen LogP) is 2.10. The average molecular weight is 267 g/mol. The van der Waals surface area contributed by atoms with Gasteiger partial charge in [0.15, 0.2) is 0 Å². The molecule has 0 aliphatic rings. The zero-order valence-electron chi connectivity index (χ0n) is 12.3. The van der Waals surface area contributed by atoms with Crippen molar-refractivity contribution in [2.24, 2.45) is 5.73 Å². The van der Waals surface area contributed by atoms with E-state index in [1.165, 1.54) is 12.1 Å². The molecule has 1 aromatic rings. The molecular formula is C15H26FN3. The van der Waals surface area contributed by atoms with Crippen LogP contribution in [0.15, 0.2) is 24.3 Å². The van der Waals surface area contributed by atoms with Gasteiger partial charge in [-0.25, -0.2) is 4.39 Å². The van der Waals surface area contributed by atoms with Gasteiger partial charge in [0.05, 0.1) is 0 Å². The highest BCUT2D eigenvalue weighted by atomic mass is 19.1. The number of hydrogen-bond acceptors (Lipinski definition) is 3. The monoisotopic (exact) mass is 267 g/mol. The number of benzene rings is 1. The van der Waals surface area contributed by atoms with Crippen molar-refractivity contribution >= 4 is 0 Å². The van der Waals surface area contributed by atoms with Crippen molar-refractivity contribution in [3.05, 3.63) is 35.6 Å². The van der Waals surface area contributed by atoms with Crippen LogP contribution >= 0.6 is 0 Å². The normalized spacial score (nSPS) is 13.2. The highest BCUT2D eigenvalue weighted by molar-refractivity contribution is 5.19. The summed E-state index contributed by atoms with van der Waals surface area (Å²) in [7, 11) is 4.17. The molecule has 0 aromatic heterocycles. The Morgan fingerprint density at radius 3 is 2.32 bits per heavy atom. The summed E-state index contributed by atoms with van der Waals surface area (Å²) in [6.45, 7) is 6.08. The quantitative estimate of drug-likeness (QED) is 0.783. The fourth-order valence-corrected chi connectivity index (χ4v) is 2.08. The molecule has 0 heterocycles. The summed E-state index contributed by atoms with van der Waals surface area (Å²) in [6, 6.07) is 6.43. The van der Waals surface area contributed by atoms with E-state index in [0.717, 1.165) is 38.2 Å². The first-order valence-corrected chi connectivity index (χ1v) is 6.91. The zero-order valence-corrected chi connectivity index (χ0v) is 12.3. The summed E-state index contributed by atoms with van der Waals surface area (Å²) in [5, 5.41) is 0. The van der Waals surface area contributed by atoms with E-state index in [9.17, 15) is 4.39 Å². The first kappa shape index (κ1) is 16.1. The van der Waals surface area contributed by atoms with Crippen LogP contribution in [0.4, 0.5) is 4.39 Å². The topological polar surface area (TPSA) is 32.5 Å². The molecule has 108 valence electrons. The maximum Gasteiger partial charge on any atom is 0.123 e. The van der Waals surface area contributed by atoms with Crippen LogP contribution in [-0.4, -0.2) is 50.1 Å². The first-order chi connectivity index (χ1) is 9.02. The van der Waals surface area contributed by atoms with E-state index in [-0.39, 0.29) is 11.9 Å². The minimum atomic E-state index is -0.214. The number of rotatable bonds is 8. The fourth-order valence-electron chi connectivity index (χ4n) is 2.08. The van der Waals surface area contributed by atoms with E-state index in [1.807, 2.05) is 0 Å². The molecular weight excluding hydrogens is 241 g/mol. The lowest BCUT2D eigenvalue weighted by Gasteiger charge is -2.25. The van der Waals surface area contributed by atoms with E-state index in [2.05, 4.69) is 30.8 Å². The Morgan fingerprint density at radius 1 is 1.16 bits per heavy atom. The average Bonchev–Trinajstić information content (AvgIpc) is 2.37. The van der Waals surface area contributed by atoms with Gasteiger partial charge < -0.3 is 15.5 Å². The van der Waals surface area contributed by atoms with Gasteiger partial charge in [-0.15, -0.1) is 0 Å². The van der Waals surface area contributed by atoms with Crippen molar-refractivity contribution in [1.82, 2.24) is 9.80 Å². The van der Waals surface area contributed by atoms with Crippen molar-refractivity contribution < 1.29 is 4.39 Å². The Labute approximate surface area is 116 Å². The Kier molecular flexibility index (Phi) is 6.99. The van der Waals surface area contributed by atoms with Gasteiger partial charge in [0, 0.05) is 12.6 Å². The SMILES string of the molecule is CCN(CCCN(C)C)CC(N)c1ccc(F)cc1. The Hall–Kier alpha value is -0.970. The van der Waals surface area contributed by atoms with Crippen molar-refractivity contribution in [1.29, 1.82) is 0 Å². The maximum absolute atomic E-state index is 12.9. The molecule has 0 amide bonds. The van der Waals surface area contributed by atoms with Crippen LogP contribution in [0, 0.1) is 5.82 Å². The molecule has 1 unspecified atom stereocenters. The molecule has 1 rings (SSSR count). The van der Waals surface area contributed by atoms with E-state index in [4.69, 9.17) is 5.73 Å². The van der Waals surface area contributed by atoms with Gasteiger partial charge in [0.25, 0.3) is 0 Å². The molecule has 1 aromatic carbocycles. The molecule has 0 saturated carbocycles. The standard InChI is InChI=1S/C15H26FN3/c1-4-19(11-5-10-18(2)3)12-15(17)13-6-8-14(16)9-7-13/h6-9,15H,4-5,10-12,17H2,1-3H3. The van der Waals surface area contributed by atoms with Gasteiger partial charge in [-0.2, -0.15) is 0 Å². The number of likely N-dealkylation sites (N-methyl/N-ethyl adjacent to an activating group) is 1. The Bertz CT molecular complexity index is 351. The lowest BCUT2D eigenvalue weighted by molar-refractivity contribution is 0.252. The van der Waals surface area contributed by atoms with Crippen molar-refractivity contribution in [3.8, 4) is 0 Å². The second-order valence-corrected chi connectivity index (χ2v) is 5.21. The molecule has 2 N–H and O–H groups in total. The second-order valence-electron chi connectivity index (χ2n) is 5.21. The number of hydrogen-bond donors (Lipinski definition) is 1. The summed E-state index contributed by atoms with van der Waals surface area (Å²) in [4.78, 5) is 4.53. The second kappa shape index (κ2) is 8.25. The van der Waals surface area contributed by atoms with Crippen LogP contribution < -0.4 is 5.73 Å². The molecule has 1 atom stereocenters. The van der Waals surface area contributed by atoms with Crippen molar-refractivity contribution in [2.75, 3.05) is 40.3 Å². The van der Waals surface area contributed by atoms with Gasteiger partial charge >= 0.3 is 0 Å². The maximum atomic E-state index is 12.9. The molecule has 0 aliphatic carbocycles. The van der Waals surface area contributed by atoms with Crippen LogP contribution in [0.1, 0.15) is 24.9 Å².